The van der Waals surface area contributed by atoms with Gasteiger partial charge in [0.1, 0.15) is 0 Å². The van der Waals surface area contributed by atoms with E-state index in [1.165, 1.54) is 12.8 Å². The van der Waals surface area contributed by atoms with E-state index in [2.05, 4.69) is 20.8 Å². The molecule has 0 unspecified atom stereocenters. The first kappa shape index (κ1) is 10.6. The molecule has 0 aromatic carbocycles. The van der Waals surface area contributed by atoms with E-state index >= 15 is 0 Å². The summed E-state index contributed by atoms with van der Waals surface area (Å²) in [5.41, 5.74) is 0.436. The van der Waals surface area contributed by atoms with Gasteiger partial charge in [0.25, 0.3) is 0 Å². The van der Waals surface area contributed by atoms with Crippen molar-refractivity contribution in [2.24, 2.45) is 17.3 Å². The Morgan fingerprint density at radius 1 is 1.21 bits per heavy atom. The van der Waals surface area contributed by atoms with Crippen LogP contribution >= 0.6 is 0 Å². The van der Waals surface area contributed by atoms with Crippen LogP contribution in [0.25, 0.3) is 0 Å². The highest BCUT2D eigenvalue weighted by Gasteiger charge is 2.65. The molecule has 2 bridgehead atoms. The lowest BCUT2D eigenvalue weighted by molar-refractivity contribution is -0.199. The molecule has 4 rings (SSSR count). The van der Waals surface area contributed by atoms with E-state index in [4.69, 9.17) is 9.31 Å². The van der Waals surface area contributed by atoms with Crippen LogP contribution in [0.5, 0.6) is 0 Å². The second-order valence-corrected chi connectivity index (χ2v) is 5.56. The van der Waals surface area contributed by atoms with Gasteiger partial charge in [-0.3, -0.25) is 0 Å². The van der Waals surface area contributed by atoms with Crippen LogP contribution in [-0.2, 0) is 9.31 Å². The van der Waals surface area contributed by atoms with Gasteiger partial charge in [-0.2, -0.15) is 0 Å². The normalized spacial score (nSPS) is 52.4. The topological polar surface area (TPSA) is 18.5 Å². The van der Waals surface area contributed by atoms with Gasteiger partial charge in [-0.25, -0.2) is 0 Å². The monoisotopic (exact) mass is 190 g/mol. The zero-order valence-corrected chi connectivity index (χ0v) is 9.12. The summed E-state index contributed by atoms with van der Waals surface area (Å²) >= 11 is 0. The Balaban J connectivity index is 0.000000750. The Bertz CT molecular complexity index is 257. The minimum Gasteiger partial charge on any atom is -0.407 e. The second-order valence-electron chi connectivity index (χ2n) is 5.56. The summed E-state index contributed by atoms with van der Waals surface area (Å²) in [6, 6.07) is 0. The molecule has 1 aliphatic heterocycles. The lowest BCUT2D eigenvalue weighted by Crippen LogP contribution is -2.65. The Kier molecular flexibility index (Phi) is 2.11. The molecule has 3 aliphatic carbocycles. The number of hydrogen-bond donors (Lipinski definition) is 0. The van der Waals surface area contributed by atoms with Gasteiger partial charge < -0.3 is 9.31 Å². The third-order valence-electron chi connectivity index (χ3n) is 4.82. The third kappa shape index (κ3) is 0.965. The highest BCUT2D eigenvalue weighted by molar-refractivity contribution is 6.19. The van der Waals surface area contributed by atoms with E-state index < -0.39 is 0 Å². The maximum absolute atomic E-state index is 5.68. The molecule has 2 nitrogen and oxygen atoms in total. The van der Waals surface area contributed by atoms with Gasteiger partial charge >= 0.3 is 7.69 Å². The smallest absolute Gasteiger partial charge is 0.407 e. The Morgan fingerprint density at radius 3 is 2.57 bits per heavy atom. The van der Waals surface area contributed by atoms with Crippen molar-refractivity contribution in [2.75, 3.05) is 0 Å². The van der Waals surface area contributed by atoms with Crippen LogP contribution in [0.2, 0.25) is 0 Å². The predicted octanol–water partition coefficient (Wildman–Crippen LogP) is 1.38. The third-order valence-corrected chi connectivity index (χ3v) is 4.82. The molecule has 0 aromatic rings. The molecule has 1 heterocycles. The van der Waals surface area contributed by atoms with Crippen molar-refractivity contribution in [3.05, 3.63) is 0 Å². The van der Waals surface area contributed by atoms with Crippen LogP contribution in [0.15, 0.2) is 0 Å². The van der Waals surface area contributed by atoms with E-state index in [1.807, 2.05) is 0 Å². The van der Waals surface area contributed by atoms with Crippen LogP contribution in [0, 0.1) is 17.3 Å². The van der Waals surface area contributed by atoms with E-state index in [1.54, 1.807) is 7.69 Å². The predicted molar refractivity (Wildman–Crippen MR) is 55.9 cm³/mol. The van der Waals surface area contributed by atoms with Gasteiger partial charge in [0.2, 0.25) is 0 Å². The summed E-state index contributed by atoms with van der Waals surface area (Å²) in [4.78, 5) is 0. The van der Waals surface area contributed by atoms with Gasteiger partial charge in [-0.05, 0) is 37.0 Å². The standard InChI is InChI=1S/C10H16BO2.B/c1-9(2)6-4-7(9)10(3)8(5-6)12-11-13-10;/h6-8H,4-5H2,1-3H3;/t6-,7-,8+,10-;/m1./s1. The molecule has 4 aliphatic rings. The molecule has 14 heavy (non-hydrogen) atoms. The van der Waals surface area contributed by atoms with Crippen molar-refractivity contribution >= 4 is 16.1 Å². The Hall–Kier alpha value is 0.0499. The summed E-state index contributed by atoms with van der Waals surface area (Å²) < 4.78 is 11.2. The molecule has 0 amide bonds. The van der Waals surface area contributed by atoms with Gasteiger partial charge in [0.15, 0.2) is 0 Å². The zero-order chi connectivity index (χ0) is 9.27. The van der Waals surface area contributed by atoms with E-state index in [0.29, 0.717) is 17.4 Å². The summed E-state index contributed by atoms with van der Waals surface area (Å²) in [5.74, 6) is 1.54. The van der Waals surface area contributed by atoms with E-state index in [0.717, 1.165) is 5.92 Å². The minimum absolute atomic E-state index is 0. The fourth-order valence-electron chi connectivity index (χ4n) is 3.65. The van der Waals surface area contributed by atoms with Crippen molar-refractivity contribution in [3.63, 3.8) is 0 Å². The molecule has 1 saturated heterocycles. The first-order chi connectivity index (χ1) is 6.05. The van der Waals surface area contributed by atoms with Crippen LogP contribution in [0.3, 0.4) is 0 Å². The molecular formula is C10H16B2O2. The lowest BCUT2D eigenvalue weighted by atomic mass is 9.43. The summed E-state index contributed by atoms with van der Waals surface area (Å²) in [6.07, 6.45) is 2.83. The number of hydrogen-bond acceptors (Lipinski definition) is 2. The zero-order valence-electron chi connectivity index (χ0n) is 9.12. The fraction of sp³-hybridized carbons (Fsp3) is 1.00. The SMILES string of the molecule is CC1(C)[C@H]2C[C@@H]3O[B]O[C@]3(C)[C@@H]1C2.[B]. The summed E-state index contributed by atoms with van der Waals surface area (Å²) in [7, 11) is 1.56. The first-order valence-electron chi connectivity index (χ1n) is 5.20. The van der Waals surface area contributed by atoms with Gasteiger partial charge in [-0.15, -0.1) is 0 Å². The molecule has 4 atom stereocenters. The summed E-state index contributed by atoms with van der Waals surface area (Å²) in [5, 5.41) is 0. The second kappa shape index (κ2) is 2.79. The molecule has 0 spiro atoms. The Morgan fingerprint density at radius 2 is 1.93 bits per heavy atom. The molecule has 4 fully saturated rings. The molecule has 4 heteroatoms. The van der Waals surface area contributed by atoms with Crippen molar-refractivity contribution < 1.29 is 9.31 Å². The average Bonchev–Trinajstić information content (AvgIpc) is 2.44. The van der Waals surface area contributed by atoms with Gasteiger partial charge in [-0.1, -0.05) is 13.8 Å². The Labute approximate surface area is 88.6 Å². The van der Waals surface area contributed by atoms with Crippen molar-refractivity contribution in [1.82, 2.24) is 0 Å². The molecular weight excluding hydrogens is 174 g/mol. The van der Waals surface area contributed by atoms with Crippen LogP contribution in [-0.4, -0.2) is 27.8 Å². The van der Waals surface area contributed by atoms with E-state index in [9.17, 15) is 0 Å². The number of rotatable bonds is 0. The molecule has 74 valence electrons. The molecule has 0 aromatic heterocycles. The van der Waals surface area contributed by atoms with Crippen LogP contribution in [0.1, 0.15) is 33.6 Å². The maximum Gasteiger partial charge on any atom is 0.488 e. The van der Waals surface area contributed by atoms with E-state index in [-0.39, 0.29) is 14.0 Å². The van der Waals surface area contributed by atoms with Crippen LogP contribution in [0.4, 0.5) is 0 Å². The van der Waals surface area contributed by atoms with Gasteiger partial charge in [0, 0.05) is 8.41 Å². The highest BCUT2D eigenvalue weighted by Crippen LogP contribution is 2.65. The minimum atomic E-state index is -0.0295. The van der Waals surface area contributed by atoms with Gasteiger partial charge in [0.05, 0.1) is 11.7 Å². The quantitative estimate of drug-likeness (QED) is 0.537. The first-order valence-corrected chi connectivity index (χ1v) is 5.20. The average molecular weight is 190 g/mol. The molecule has 3 saturated carbocycles. The highest BCUT2D eigenvalue weighted by atomic mass is 16.6. The fourth-order valence-corrected chi connectivity index (χ4v) is 3.65. The molecule has 0 N–H and O–H groups in total. The summed E-state index contributed by atoms with van der Waals surface area (Å²) in [6.45, 7) is 6.95. The maximum atomic E-state index is 5.68. The largest absolute Gasteiger partial charge is 0.488 e. The van der Waals surface area contributed by atoms with Crippen molar-refractivity contribution in [2.45, 2.75) is 45.3 Å². The van der Waals surface area contributed by atoms with Crippen molar-refractivity contribution in [1.29, 1.82) is 0 Å². The lowest BCUT2D eigenvalue weighted by Gasteiger charge is -2.64. The molecule has 4 radical (unpaired) electrons. The van der Waals surface area contributed by atoms with Crippen molar-refractivity contribution in [3.8, 4) is 0 Å². The van der Waals surface area contributed by atoms with Crippen LogP contribution < -0.4 is 0 Å².